The van der Waals surface area contributed by atoms with Crippen molar-refractivity contribution in [3.8, 4) is 0 Å². The molecule has 1 saturated heterocycles. The minimum Gasteiger partial charge on any atom is -0.338 e. The molecule has 1 N–H and O–H groups in total. The predicted octanol–water partition coefficient (Wildman–Crippen LogP) is 3.11. The van der Waals surface area contributed by atoms with E-state index in [2.05, 4.69) is 34.8 Å². The van der Waals surface area contributed by atoms with Crippen LogP contribution in [-0.4, -0.2) is 40.1 Å². The standard InChI is InChI=1S/C18H26N4O/c1-14-10-15(2)12-22(11-14)18(23)19-8-5-9-21-13-20-16-6-3-4-7-17(16)21/h3-4,6-7,13-15H,5,8-12H2,1-2H3,(H,19,23). The Labute approximate surface area is 137 Å². The number of carbonyl (C=O) groups is 1. The van der Waals surface area contributed by atoms with Crippen molar-refractivity contribution in [1.82, 2.24) is 19.8 Å². The molecule has 1 aliphatic heterocycles. The van der Waals surface area contributed by atoms with Crippen LogP contribution in [0.3, 0.4) is 0 Å². The topological polar surface area (TPSA) is 50.2 Å². The molecule has 1 aliphatic rings. The number of aryl methyl sites for hydroxylation is 1. The SMILES string of the molecule is CC1CC(C)CN(C(=O)NCCCn2cnc3ccccc32)C1. The maximum Gasteiger partial charge on any atom is 0.317 e. The third-order valence-electron chi connectivity index (χ3n) is 4.54. The largest absolute Gasteiger partial charge is 0.338 e. The van der Waals surface area contributed by atoms with Gasteiger partial charge in [0.2, 0.25) is 0 Å². The molecule has 2 heterocycles. The normalized spacial score (nSPS) is 21.6. The van der Waals surface area contributed by atoms with E-state index < -0.39 is 0 Å². The van der Waals surface area contributed by atoms with E-state index in [0.29, 0.717) is 18.4 Å². The third kappa shape index (κ3) is 3.84. The summed E-state index contributed by atoms with van der Waals surface area (Å²) in [5, 5.41) is 3.06. The van der Waals surface area contributed by atoms with Crippen LogP contribution in [0.4, 0.5) is 4.79 Å². The number of hydrogen-bond acceptors (Lipinski definition) is 2. The molecule has 1 fully saturated rings. The van der Waals surface area contributed by atoms with Crippen LogP contribution in [0.15, 0.2) is 30.6 Å². The van der Waals surface area contributed by atoms with E-state index in [1.807, 2.05) is 29.4 Å². The first-order valence-electron chi connectivity index (χ1n) is 8.56. The summed E-state index contributed by atoms with van der Waals surface area (Å²) < 4.78 is 2.15. The van der Waals surface area contributed by atoms with Crippen molar-refractivity contribution in [2.24, 2.45) is 11.8 Å². The first-order valence-corrected chi connectivity index (χ1v) is 8.56. The molecule has 2 aromatic rings. The van der Waals surface area contributed by atoms with Gasteiger partial charge in [0.25, 0.3) is 0 Å². The van der Waals surface area contributed by atoms with Gasteiger partial charge >= 0.3 is 6.03 Å². The van der Waals surface area contributed by atoms with Crippen LogP contribution < -0.4 is 5.32 Å². The summed E-state index contributed by atoms with van der Waals surface area (Å²) in [5.74, 6) is 1.20. The molecule has 1 aromatic carbocycles. The molecular weight excluding hydrogens is 288 g/mol. The van der Waals surface area contributed by atoms with Gasteiger partial charge in [-0.25, -0.2) is 9.78 Å². The molecular formula is C18H26N4O. The lowest BCUT2D eigenvalue weighted by atomic mass is 9.92. The highest BCUT2D eigenvalue weighted by Gasteiger charge is 2.24. The van der Waals surface area contributed by atoms with Crippen LogP contribution in [0.5, 0.6) is 0 Å². The number of benzene rings is 1. The Balaban J connectivity index is 1.45. The van der Waals surface area contributed by atoms with Gasteiger partial charge < -0.3 is 14.8 Å². The van der Waals surface area contributed by atoms with E-state index in [1.54, 1.807) is 0 Å². The fourth-order valence-electron chi connectivity index (χ4n) is 3.57. The fourth-order valence-corrected chi connectivity index (χ4v) is 3.57. The van der Waals surface area contributed by atoms with Crippen LogP contribution in [0.25, 0.3) is 11.0 Å². The van der Waals surface area contributed by atoms with Gasteiger partial charge in [0.05, 0.1) is 17.4 Å². The van der Waals surface area contributed by atoms with Gasteiger partial charge in [-0.05, 0) is 36.8 Å². The Morgan fingerprint density at radius 1 is 1.26 bits per heavy atom. The summed E-state index contributed by atoms with van der Waals surface area (Å²) in [4.78, 5) is 18.6. The van der Waals surface area contributed by atoms with Crippen molar-refractivity contribution in [3.63, 3.8) is 0 Å². The van der Waals surface area contributed by atoms with Gasteiger partial charge in [-0.2, -0.15) is 0 Å². The number of amides is 2. The molecule has 0 radical (unpaired) electrons. The molecule has 0 saturated carbocycles. The Bertz CT molecular complexity index is 656. The minimum atomic E-state index is 0.0823. The lowest BCUT2D eigenvalue weighted by Gasteiger charge is -2.34. The summed E-state index contributed by atoms with van der Waals surface area (Å²) in [6.07, 6.45) is 4.00. The van der Waals surface area contributed by atoms with E-state index in [1.165, 1.54) is 6.42 Å². The summed E-state index contributed by atoms with van der Waals surface area (Å²) in [6.45, 7) is 7.77. The number of rotatable bonds is 4. The number of aromatic nitrogens is 2. The minimum absolute atomic E-state index is 0.0823. The number of hydrogen-bond donors (Lipinski definition) is 1. The maximum absolute atomic E-state index is 12.3. The number of carbonyl (C=O) groups excluding carboxylic acids is 1. The Hall–Kier alpha value is -2.04. The lowest BCUT2D eigenvalue weighted by Crippen LogP contribution is -2.47. The molecule has 0 bridgehead atoms. The van der Waals surface area contributed by atoms with Crippen LogP contribution in [0.1, 0.15) is 26.7 Å². The molecule has 0 aliphatic carbocycles. The van der Waals surface area contributed by atoms with Crippen LogP contribution in [0, 0.1) is 11.8 Å². The maximum atomic E-state index is 12.3. The van der Waals surface area contributed by atoms with E-state index in [-0.39, 0.29) is 6.03 Å². The smallest absolute Gasteiger partial charge is 0.317 e. The van der Waals surface area contributed by atoms with Crippen molar-refractivity contribution in [3.05, 3.63) is 30.6 Å². The monoisotopic (exact) mass is 314 g/mol. The van der Waals surface area contributed by atoms with Gasteiger partial charge in [-0.1, -0.05) is 26.0 Å². The average Bonchev–Trinajstić information content (AvgIpc) is 2.94. The number of imidazole rings is 1. The Morgan fingerprint density at radius 3 is 2.78 bits per heavy atom. The first-order chi connectivity index (χ1) is 11.1. The zero-order valence-electron chi connectivity index (χ0n) is 14.0. The van der Waals surface area contributed by atoms with Crippen LogP contribution in [-0.2, 0) is 6.54 Å². The number of likely N-dealkylation sites (tertiary alicyclic amines) is 1. The number of para-hydroxylation sites is 2. The van der Waals surface area contributed by atoms with Crippen molar-refractivity contribution in [1.29, 1.82) is 0 Å². The second kappa shape index (κ2) is 7.02. The van der Waals surface area contributed by atoms with Crippen LogP contribution in [0.2, 0.25) is 0 Å². The van der Waals surface area contributed by atoms with Gasteiger partial charge in [-0.15, -0.1) is 0 Å². The molecule has 2 atom stereocenters. The van der Waals surface area contributed by atoms with E-state index in [4.69, 9.17) is 0 Å². The van der Waals surface area contributed by atoms with Gasteiger partial charge in [0.1, 0.15) is 0 Å². The number of urea groups is 1. The van der Waals surface area contributed by atoms with Crippen molar-refractivity contribution >= 4 is 17.1 Å². The van der Waals surface area contributed by atoms with Gasteiger partial charge in [0, 0.05) is 26.2 Å². The summed E-state index contributed by atoms with van der Waals surface area (Å²) in [6, 6.07) is 8.21. The average molecular weight is 314 g/mol. The molecule has 23 heavy (non-hydrogen) atoms. The highest BCUT2D eigenvalue weighted by Crippen LogP contribution is 2.20. The first kappa shape index (κ1) is 15.8. The van der Waals surface area contributed by atoms with Gasteiger partial charge in [0.15, 0.2) is 0 Å². The second-order valence-corrected chi connectivity index (χ2v) is 6.86. The third-order valence-corrected chi connectivity index (χ3v) is 4.54. The molecule has 124 valence electrons. The number of nitrogens with one attached hydrogen (secondary N) is 1. The van der Waals surface area contributed by atoms with Crippen molar-refractivity contribution < 1.29 is 4.79 Å². The number of nitrogens with zero attached hydrogens (tertiary/aromatic N) is 3. The summed E-state index contributed by atoms with van der Waals surface area (Å²) >= 11 is 0. The van der Waals surface area contributed by atoms with E-state index >= 15 is 0 Å². The molecule has 2 amide bonds. The summed E-state index contributed by atoms with van der Waals surface area (Å²) in [7, 11) is 0. The Kier molecular flexibility index (Phi) is 4.84. The van der Waals surface area contributed by atoms with E-state index in [0.717, 1.165) is 37.1 Å². The molecule has 3 rings (SSSR count). The zero-order chi connectivity index (χ0) is 16.2. The quantitative estimate of drug-likeness (QED) is 0.882. The molecule has 1 aromatic heterocycles. The highest BCUT2D eigenvalue weighted by molar-refractivity contribution is 5.75. The highest BCUT2D eigenvalue weighted by atomic mass is 16.2. The summed E-state index contributed by atoms with van der Waals surface area (Å²) in [5.41, 5.74) is 2.17. The predicted molar refractivity (Wildman–Crippen MR) is 92.3 cm³/mol. The van der Waals surface area contributed by atoms with Crippen molar-refractivity contribution in [2.45, 2.75) is 33.2 Å². The molecule has 0 spiro atoms. The number of piperidine rings is 1. The van der Waals surface area contributed by atoms with Gasteiger partial charge in [-0.3, -0.25) is 0 Å². The number of fused-ring (bicyclic) bond motifs is 1. The van der Waals surface area contributed by atoms with Crippen LogP contribution >= 0.6 is 0 Å². The van der Waals surface area contributed by atoms with E-state index in [9.17, 15) is 4.79 Å². The second-order valence-electron chi connectivity index (χ2n) is 6.86. The zero-order valence-corrected chi connectivity index (χ0v) is 14.0. The molecule has 5 heteroatoms. The molecule has 5 nitrogen and oxygen atoms in total. The molecule has 2 unspecified atom stereocenters. The van der Waals surface area contributed by atoms with Crippen molar-refractivity contribution in [2.75, 3.05) is 19.6 Å². The Morgan fingerprint density at radius 2 is 2.00 bits per heavy atom. The fraction of sp³-hybridized carbons (Fsp3) is 0.556. The lowest BCUT2D eigenvalue weighted by molar-refractivity contribution is 0.146.